The molecule has 0 unspecified atom stereocenters. The summed E-state index contributed by atoms with van der Waals surface area (Å²) in [7, 11) is 0. The minimum absolute atomic E-state index is 0.0409. The van der Waals surface area contributed by atoms with Crippen LogP contribution in [0, 0.1) is 28.6 Å². The van der Waals surface area contributed by atoms with Crippen LogP contribution in [0.15, 0.2) is 24.3 Å². The summed E-state index contributed by atoms with van der Waals surface area (Å²) in [5.74, 6) is 5.78. The van der Waals surface area contributed by atoms with E-state index in [9.17, 15) is 9.90 Å². The van der Waals surface area contributed by atoms with Gasteiger partial charge in [0, 0.05) is 17.5 Å². The Morgan fingerprint density at radius 3 is 2.67 bits per heavy atom. The standard InChI is InChI=1S/C23H25N3O3S/c1-23(2,3)12-11-18-13-19(21(30-18)22(27)28)25-15-7-9-17(10-8-15)29-20-6-4-5-16(14-24)26-20/h4-6,13,15,17,25H,7-10H2,1-3H3,(H,27,28). The Bertz CT molecular complexity index is 1010. The lowest BCUT2D eigenvalue weighted by atomic mass is 9.92. The van der Waals surface area contributed by atoms with Crippen LogP contribution >= 0.6 is 11.3 Å². The number of aromatic carboxylic acids is 1. The molecule has 2 aromatic heterocycles. The third kappa shape index (κ3) is 5.98. The molecule has 0 spiro atoms. The van der Waals surface area contributed by atoms with Crippen LogP contribution in [0.25, 0.3) is 0 Å². The van der Waals surface area contributed by atoms with Gasteiger partial charge in [-0.3, -0.25) is 0 Å². The maximum absolute atomic E-state index is 11.7. The predicted octanol–water partition coefficient (Wildman–Crippen LogP) is 4.91. The predicted molar refractivity (Wildman–Crippen MR) is 117 cm³/mol. The lowest BCUT2D eigenvalue weighted by Gasteiger charge is -2.29. The first kappa shape index (κ1) is 21.7. The Labute approximate surface area is 180 Å². The van der Waals surface area contributed by atoms with Crippen LogP contribution in [0.2, 0.25) is 0 Å². The van der Waals surface area contributed by atoms with Gasteiger partial charge >= 0.3 is 5.97 Å². The van der Waals surface area contributed by atoms with E-state index in [0.29, 0.717) is 22.1 Å². The molecule has 0 bridgehead atoms. The molecule has 0 aliphatic heterocycles. The molecule has 2 aromatic rings. The number of anilines is 1. The van der Waals surface area contributed by atoms with E-state index < -0.39 is 5.97 Å². The van der Waals surface area contributed by atoms with Gasteiger partial charge in [-0.2, -0.15) is 5.26 Å². The molecule has 1 aliphatic carbocycles. The van der Waals surface area contributed by atoms with E-state index in [0.717, 1.165) is 30.6 Å². The van der Waals surface area contributed by atoms with Gasteiger partial charge in [0.2, 0.25) is 5.88 Å². The second-order valence-corrected chi connectivity index (χ2v) is 9.42. The Morgan fingerprint density at radius 2 is 2.03 bits per heavy atom. The topological polar surface area (TPSA) is 95.2 Å². The third-order valence-corrected chi connectivity index (χ3v) is 5.68. The van der Waals surface area contributed by atoms with E-state index in [-0.39, 0.29) is 17.6 Å². The van der Waals surface area contributed by atoms with Gasteiger partial charge in [0.25, 0.3) is 0 Å². The highest BCUT2D eigenvalue weighted by Gasteiger charge is 2.25. The van der Waals surface area contributed by atoms with Crippen LogP contribution in [-0.2, 0) is 0 Å². The smallest absolute Gasteiger partial charge is 0.348 e. The molecule has 6 nitrogen and oxygen atoms in total. The van der Waals surface area contributed by atoms with Crippen molar-refractivity contribution in [2.75, 3.05) is 5.32 Å². The van der Waals surface area contributed by atoms with E-state index in [4.69, 9.17) is 10.00 Å². The zero-order chi connectivity index (χ0) is 21.7. The van der Waals surface area contributed by atoms with E-state index >= 15 is 0 Å². The van der Waals surface area contributed by atoms with Crippen LogP contribution < -0.4 is 10.1 Å². The number of hydrogen-bond acceptors (Lipinski definition) is 6. The van der Waals surface area contributed by atoms with Gasteiger partial charge in [-0.15, -0.1) is 11.3 Å². The molecule has 2 N–H and O–H groups in total. The normalized spacial score (nSPS) is 18.6. The molecule has 0 atom stereocenters. The number of hydrogen-bond donors (Lipinski definition) is 2. The summed E-state index contributed by atoms with van der Waals surface area (Å²) in [6.07, 6.45) is 3.43. The average Bonchev–Trinajstić information content (AvgIpc) is 3.11. The van der Waals surface area contributed by atoms with Crippen molar-refractivity contribution in [1.82, 2.24) is 4.98 Å². The van der Waals surface area contributed by atoms with Crippen molar-refractivity contribution >= 4 is 23.0 Å². The zero-order valence-corrected chi connectivity index (χ0v) is 18.2. The average molecular weight is 424 g/mol. The number of carbonyl (C=O) groups is 1. The Morgan fingerprint density at radius 1 is 1.30 bits per heavy atom. The summed E-state index contributed by atoms with van der Waals surface area (Å²) in [6.45, 7) is 6.08. The van der Waals surface area contributed by atoms with Crippen molar-refractivity contribution < 1.29 is 14.6 Å². The molecule has 0 saturated heterocycles. The highest BCUT2D eigenvalue weighted by molar-refractivity contribution is 7.15. The zero-order valence-electron chi connectivity index (χ0n) is 17.4. The Balaban J connectivity index is 1.61. The molecule has 0 radical (unpaired) electrons. The van der Waals surface area contributed by atoms with Crippen molar-refractivity contribution in [2.45, 2.75) is 58.6 Å². The van der Waals surface area contributed by atoms with Gasteiger partial charge in [-0.05, 0) is 58.6 Å². The van der Waals surface area contributed by atoms with Crippen molar-refractivity contribution in [3.8, 4) is 23.8 Å². The van der Waals surface area contributed by atoms with Crippen molar-refractivity contribution in [2.24, 2.45) is 5.41 Å². The van der Waals surface area contributed by atoms with Gasteiger partial charge in [0.05, 0.1) is 10.6 Å². The van der Waals surface area contributed by atoms with Crippen LogP contribution in [-0.4, -0.2) is 28.2 Å². The van der Waals surface area contributed by atoms with Crippen molar-refractivity contribution in [1.29, 1.82) is 5.26 Å². The molecule has 0 aromatic carbocycles. The maximum Gasteiger partial charge on any atom is 0.348 e. The molecule has 156 valence electrons. The lowest BCUT2D eigenvalue weighted by molar-refractivity contribution is 0.0703. The van der Waals surface area contributed by atoms with Crippen molar-refractivity contribution in [3.63, 3.8) is 0 Å². The van der Waals surface area contributed by atoms with Gasteiger partial charge in [0.1, 0.15) is 22.7 Å². The molecule has 1 saturated carbocycles. The molecular formula is C23H25N3O3S. The molecule has 1 aliphatic rings. The van der Waals surface area contributed by atoms with E-state index in [1.54, 1.807) is 18.2 Å². The first-order valence-electron chi connectivity index (χ1n) is 9.94. The molecule has 7 heteroatoms. The Kier molecular flexibility index (Phi) is 6.64. The first-order chi connectivity index (χ1) is 14.2. The van der Waals surface area contributed by atoms with Gasteiger partial charge in [0.15, 0.2) is 0 Å². The van der Waals surface area contributed by atoms with Crippen LogP contribution in [0.5, 0.6) is 5.88 Å². The molecule has 3 rings (SSSR count). The van der Waals surface area contributed by atoms with Gasteiger partial charge in [-0.25, -0.2) is 9.78 Å². The van der Waals surface area contributed by atoms with Gasteiger partial charge < -0.3 is 15.2 Å². The fourth-order valence-electron chi connectivity index (χ4n) is 3.23. The maximum atomic E-state index is 11.7. The lowest BCUT2D eigenvalue weighted by Crippen LogP contribution is -2.31. The highest BCUT2D eigenvalue weighted by Crippen LogP contribution is 2.31. The summed E-state index contributed by atoms with van der Waals surface area (Å²) < 4.78 is 5.93. The van der Waals surface area contributed by atoms with Crippen LogP contribution in [0.4, 0.5) is 5.69 Å². The molecule has 0 amide bonds. The minimum atomic E-state index is -0.938. The second kappa shape index (κ2) is 9.19. The number of rotatable bonds is 5. The SMILES string of the molecule is CC(C)(C)C#Cc1cc(NC2CCC(Oc3cccc(C#N)n3)CC2)c(C(=O)O)s1. The number of nitriles is 1. The number of ether oxygens (including phenoxy) is 1. The number of nitrogens with one attached hydrogen (secondary N) is 1. The second-order valence-electron chi connectivity index (χ2n) is 8.37. The molecule has 30 heavy (non-hydrogen) atoms. The molecule has 2 heterocycles. The number of nitrogens with zero attached hydrogens (tertiary/aromatic N) is 2. The Hall–Kier alpha value is -3.03. The highest BCUT2D eigenvalue weighted by atomic mass is 32.1. The van der Waals surface area contributed by atoms with Crippen LogP contribution in [0.3, 0.4) is 0 Å². The fraction of sp³-hybridized carbons (Fsp3) is 0.435. The number of carboxylic acid groups (broad SMARTS) is 1. The first-order valence-corrected chi connectivity index (χ1v) is 10.8. The third-order valence-electron chi connectivity index (χ3n) is 4.65. The van der Waals surface area contributed by atoms with Crippen LogP contribution in [0.1, 0.15) is 66.7 Å². The van der Waals surface area contributed by atoms with E-state index in [1.165, 1.54) is 11.3 Å². The number of pyridine rings is 1. The summed E-state index contributed by atoms with van der Waals surface area (Å²) in [5, 5.41) is 21.9. The number of thiophene rings is 1. The van der Waals surface area contributed by atoms with Crippen molar-refractivity contribution in [3.05, 3.63) is 39.7 Å². The fourth-order valence-corrected chi connectivity index (χ4v) is 4.04. The largest absolute Gasteiger partial charge is 0.477 e. The quantitative estimate of drug-likeness (QED) is 0.663. The molecule has 1 fully saturated rings. The van der Waals surface area contributed by atoms with E-state index in [1.807, 2.05) is 32.9 Å². The summed E-state index contributed by atoms with van der Waals surface area (Å²) >= 11 is 1.21. The number of aromatic nitrogens is 1. The minimum Gasteiger partial charge on any atom is -0.477 e. The van der Waals surface area contributed by atoms with Gasteiger partial charge in [-0.1, -0.05) is 17.9 Å². The summed E-state index contributed by atoms with van der Waals surface area (Å²) in [5.41, 5.74) is 0.839. The van der Waals surface area contributed by atoms with E-state index in [2.05, 4.69) is 22.1 Å². The summed E-state index contributed by atoms with van der Waals surface area (Å²) in [6, 6.07) is 9.20. The molecular weight excluding hydrogens is 398 g/mol. The summed E-state index contributed by atoms with van der Waals surface area (Å²) in [4.78, 5) is 16.9. The monoisotopic (exact) mass is 423 g/mol. The number of carboxylic acids is 1.